The number of aliphatic hydroxyl groups excluding tert-OH is 3. The molecule has 0 aromatic heterocycles. The fraction of sp³-hybridized carbons (Fsp3) is 0.214. The molecule has 0 radical (unpaired) electrons. The van der Waals surface area contributed by atoms with Gasteiger partial charge in [-0.3, -0.25) is 4.55 Å². The van der Waals surface area contributed by atoms with Gasteiger partial charge in [-0.25, -0.2) is 0 Å². The Labute approximate surface area is 252 Å². The highest BCUT2D eigenvalue weighted by Crippen LogP contribution is 2.43. The number of azo groups is 2. The van der Waals surface area contributed by atoms with Crippen LogP contribution in [-0.2, 0) is 10.1 Å². The molecule has 0 heterocycles. The summed E-state index contributed by atoms with van der Waals surface area (Å²) in [4.78, 5) is -0.664. The molecule has 0 spiro atoms. The van der Waals surface area contributed by atoms with Crippen molar-refractivity contribution in [3.8, 4) is 11.5 Å². The summed E-state index contributed by atoms with van der Waals surface area (Å²) in [6, 6.07) is 15.2. The van der Waals surface area contributed by atoms with Crippen molar-refractivity contribution < 1.29 is 38.1 Å². The van der Waals surface area contributed by atoms with Gasteiger partial charge in [0.05, 0.1) is 31.2 Å². The number of nitrogen functional groups attached to an aromatic ring is 1. The maximum Gasteiger partial charge on any atom is 0.296 e. The Hall–Kier alpha value is -4.87. The van der Waals surface area contributed by atoms with Crippen molar-refractivity contribution in [3.05, 3.63) is 60.7 Å². The average molecular weight is 626 g/mol. The highest BCUT2D eigenvalue weighted by Gasteiger charge is 2.22. The molecular formula is C28H31N7O8S. The minimum Gasteiger partial charge on any atom is -0.505 e. The van der Waals surface area contributed by atoms with E-state index in [1.807, 2.05) is 0 Å². The number of hydrogen-bond acceptors (Lipinski definition) is 14. The van der Waals surface area contributed by atoms with Crippen LogP contribution in [0.3, 0.4) is 0 Å². The van der Waals surface area contributed by atoms with E-state index in [0.717, 1.165) is 11.8 Å². The summed E-state index contributed by atoms with van der Waals surface area (Å²) in [6.45, 7) is 0.0355. The number of nitrogens with one attached hydrogen (secondary N) is 2. The molecule has 0 saturated heterocycles. The number of phenolic OH excluding ortho intramolecular Hbond substituents is 1. The molecule has 4 rings (SSSR count). The predicted molar refractivity (Wildman–Crippen MR) is 165 cm³/mol. The Bertz CT molecular complexity index is 1800. The van der Waals surface area contributed by atoms with Gasteiger partial charge in [-0.05, 0) is 53.9 Å². The SMILES string of the molecule is Nc1ccc2cc(S(=O)(=O)O)c(N=Nc3ccc(N=Nc4ccc(NCCO)cc4NCCO)cc3OCCO)c(O)c2c1. The Morgan fingerprint density at radius 2 is 1.52 bits per heavy atom. The number of nitrogens with zero attached hydrogens (tertiary/aromatic N) is 4. The lowest BCUT2D eigenvalue weighted by Crippen LogP contribution is -2.08. The van der Waals surface area contributed by atoms with E-state index in [0.29, 0.717) is 34.7 Å². The summed E-state index contributed by atoms with van der Waals surface area (Å²) in [5, 5.41) is 61.6. The van der Waals surface area contributed by atoms with Crippen molar-refractivity contribution in [2.24, 2.45) is 20.5 Å². The van der Waals surface area contributed by atoms with Crippen LogP contribution in [-0.4, -0.2) is 72.9 Å². The average Bonchev–Trinajstić information content (AvgIpc) is 3.00. The minimum atomic E-state index is -4.81. The van der Waals surface area contributed by atoms with Crippen LogP contribution in [0.25, 0.3) is 10.8 Å². The predicted octanol–water partition coefficient (Wildman–Crippen LogP) is 4.38. The Balaban J connectivity index is 1.70. The maximum absolute atomic E-state index is 12.1. The number of phenols is 1. The summed E-state index contributed by atoms with van der Waals surface area (Å²) in [6.07, 6.45) is 0. The van der Waals surface area contributed by atoms with Crippen molar-refractivity contribution in [2.45, 2.75) is 4.90 Å². The molecule has 0 unspecified atom stereocenters. The molecular weight excluding hydrogens is 594 g/mol. The van der Waals surface area contributed by atoms with E-state index in [-0.39, 0.29) is 49.8 Å². The van der Waals surface area contributed by atoms with Crippen LogP contribution in [0.4, 0.5) is 39.8 Å². The van der Waals surface area contributed by atoms with E-state index in [9.17, 15) is 28.3 Å². The van der Waals surface area contributed by atoms with Crippen LogP contribution in [0.2, 0.25) is 0 Å². The zero-order valence-corrected chi connectivity index (χ0v) is 24.1. The first-order valence-electron chi connectivity index (χ1n) is 13.2. The number of aromatic hydroxyl groups is 1. The Kier molecular flexibility index (Phi) is 10.6. The largest absolute Gasteiger partial charge is 0.505 e. The number of hydrogen-bond donors (Lipinski definition) is 8. The zero-order valence-electron chi connectivity index (χ0n) is 23.3. The first kappa shape index (κ1) is 32.1. The molecule has 4 aromatic rings. The van der Waals surface area contributed by atoms with E-state index in [2.05, 4.69) is 31.1 Å². The van der Waals surface area contributed by atoms with E-state index in [1.165, 1.54) is 36.4 Å². The number of fused-ring (bicyclic) bond motifs is 1. The standard InChI is InChI=1S/C28H31N7O8S/c29-18-2-1-17-13-26(44(40,41)42)27(28(39)21(17)14-18)35-34-23-6-4-20(16-25(23)43-12-11-38)32-33-22-5-3-19(30-7-9-36)15-24(22)31-8-10-37/h1-6,13-16,30-31,36-39H,7-12,29H2,(H,40,41,42). The lowest BCUT2D eigenvalue weighted by atomic mass is 10.1. The summed E-state index contributed by atoms with van der Waals surface area (Å²) in [5.41, 5.74) is 7.81. The molecule has 4 aromatic carbocycles. The van der Waals surface area contributed by atoms with Gasteiger partial charge in [-0.1, -0.05) is 6.07 Å². The molecule has 0 bridgehead atoms. The lowest BCUT2D eigenvalue weighted by Gasteiger charge is -2.11. The van der Waals surface area contributed by atoms with Crippen molar-refractivity contribution >= 4 is 60.7 Å². The fourth-order valence-corrected chi connectivity index (χ4v) is 4.71. The third-order valence-electron chi connectivity index (χ3n) is 6.04. The molecule has 0 saturated carbocycles. The van der Waals surface area contributed by atoms with Gasteiger partial charge in [0.25, 0.3) is 10.1 Å². The minimum absolute atomic E-state index is 0.0443. The first-order chi connectivity index (χ1) is 21.1. The number of aliphatic hydroxyl groups is 3. The van der Waals surface area contributed by atoms with E-state index < -0.39 is 26.5 Å². The van der Waals surface area contributed by atoms with Gasteiger partial charge in [0.15, 0.2) is 5.75 Å². The number of benzene rings is 4. The fourth-order valence-electron chi connectivity index (χ4n) is 4.05. The lowest BCUT2D eigenvalue weighted by molar-refractivity contribution is 0.202. The number of anilines is 3. The second-order valence-electron chi connectivity index (χ2n) is 9.18. The van der Waals surface area contributed by atoms with Crippen LogP contribution >= 0.6 is 0 Å². The van der Waals surface area contributed by atoms with Gasteiger partial charge in [-0.2, -0.15) is 13.5 Å². The van der Waals surface area contributed by atoms with E-state index in [1.54, 1.807) is 18.2 Å². The molecule has 15 nitrogen and oxygen atoms in total. The van der Waals surface area contributed by atoms with Gasteiger partial charge in [0, 0.05) is 35.9 Å². The van der Waals surface area contributed by atoms with E-state index >= 15 is 0 Å². The van der Waals surface area contributed by atoms with Crippen LogP contribution in [0.1, 0.15) is 0 Å². The second kappa shape index (κ2) is 14.5. The molecule has 0 fully saturated rings. The quantitative estimate of drug-likeness (QED) is 0.0555. The zero-order chi connectivity index (χ0) is 31.7. The smallest absolute Gasteiger partial charge is 0.296 e. The molecule has 0 amide bonds. The Morgan fingerprint density at radius 3 is 2.25 bits per heavy atom. The van der Waals surface area contributed by atoms with Gasteiger partial charge in [0.1, 0.15) is 34.3 Å². The Morgan fingerprint density at radius 1 is 0.795 bits per heavy atom. The van der Waals surface area contributed by atoms with Crippen LogP contribution < -0.4 is 21.1 Å². The molecule has 9 N–H and O–H groups in total. The van der Waals surface area contributed by atoms with Gasteiger partial charge >= 0.3 is 0 Å². The highest BCUT2D eigenvalue weighted by atomic mass is 32.2. The first-order valence-corrected chi connectivity index (χ1v) is 14.7. The van der Waals surface area contributed by atoms with Crippen LogP contribution in [0.5, 0.6) is 11.5 Å². The number of rotatable bonds is 14. The molecule has 0 atom stereocenters. The third kappa shape index (κ3) is 7.94. The van der Waals surface area contributed by atoms with Gasteiger partial charge in [0.2, 0.25) is 0 Å². The summed E-state index contributed by atoms with van der Waals surface area (Å²) in [5.74, 6) is -0.447. The maximum atomic E-state index is 12.1. The highest BCUT2D eigenvalue weighted by molar-refractivity contribution is 7.86. The van der Waals surface area contributed by atoms with Gasteiger partial charge in [-0.15, -0.1) is 15.3 Å². The van der Waals surface area contributed by atoms with Crippen LogP contribution in [0, 0.1) is 0 Å². The summed E-state index contributed by atoms with van der Waals surface area (Å²) >= 11 is 0. The number of ether oxygens (including phenoxy) is 1. The summed E-state index contributed by atoms with van der Waals surface area (Å²) in [7, 11) is -4.81. The monoisotopic (exact) mass is 625 g/mol. The summed E-state index contributed by atoms with van der Waals surface area (Å²) < 4.78 is 39.7. The van der Waals surface area contributed by atoms with E-state index in [4.69, 9.17) is 15.6 Å². The molecule has 0 aliphatic heterocycles. The van der Waals surface area contributed by atoms with Crippen molar-refractivity contribution in [1.82, 2.24) is 0 Å². The van der Waals surface area contributed by atoms with Crippen molar-refractivity contribution in [1.29, 1.82) is 0 Å². The van der Waals surface area contributed by atoms with Crippen molar-refractivity contribution in [2.75, 3.05) is 55.9 Å². The molecule has 0 aliphatic rings. The van der Waals surface area contributed by atoms with Gasteiger partial charge < -0.3 is 41.5 Å². The number of nitrogens with two attached hydrogens (primary N) is 1. The molecule has 44 heavy (non-hydrogen) atoms. The normalized spacial score (nSPS) is 11.9. The molecule has 16 heteroatoms. The van der Waals surface area contributed by atoms with Crippen LogP contribution in [0.15, 0.2) is 86.0 Å². The molecule has 232 valence electrons. The topological polar surface area (TPSA) is 244 Å². The molecule has 0 aliphatic carbocycles. The van der Waals surface area contributed by atoms with Crippen molar-refractivity contribution in [3.63, 3.8) is 0 Å². The second-order valence-corrected chi connectivity index (χ2v) is 10.6. The third-order valence-corrected chi connectivity index (χ3v) is 6.91.